The summed E-state index contributed by atoms with van der Waals surface area (Å²) in [7, 11) is -3.85. The maximum Gasteiger partial charge on any atom is 0.333 e. The average molecular weight is 269 g/mol. The van der Waals surface area contributed by atoms with Crippen molar-refractivity contribution in [3.8, 4) is 0 Å². The summed E-state index contributed by atoms with van der Waals surface area (Å²) in [6, 6.07) is 7.97. The number of rotatable bonds is 6. The van der Waals surface area contributed by atoms with Gasteiger partial charge in [-0.1, -0.05) is 50.8 Å². The molecule has 2 N–H and O–H groups in total. The van der Waals surface area contributed by atoms with Crippen LogP contribution in [-0.2, 0) is 19.9 Å². The number of hydrogen-bond acceptors (Lipinski definition) is 3. The summed E-state index contributed by atoms with van der Waals surface area (Å²) in [5.74, 6) is 0. The fourth-order valence-corrected chi connectivity index (χ4v) is 1.94. The molecule has 0 radical (unpaired) electrons. The highest BCUT2D eigenvalue weighted by Gasteiger charge is 2.21. The third-order valence-electron chi connectivity index (χ3n) is 2.90. The molecule has 0 unspecified atom stereocenters. The second kappa shape index (κ2) is 5.65. The van der Waals surface area contributed by atoms with E-state index in [1.165, 1.54) is 0 Å². The molecule has 0 aliphatic rings. The molecule has 0 aromatic heterocycles. The van der Waals surface area contributed by atoms with Gasteiger partial charge >= 0.3 is 10.3 Å². The Morgan fingerprint density at radius 2 is 1.89 bits per heavy atom. The van der Waals surface area contributed by atoms with Crippen LogP contribution in [0.1, 0.15) is 31.4 Å². The normalized spacial score (nSPS) is 12.4. The van der Waals surface area contributed by atoms with E-state index in [9.17, 15) is 8.42 Å². The fraction of sp³-hybridized carbons (Fsp3) is 0.385. The molecule has 1 aromatic rings. The Morgan fingerprint density at radius 1 is 1.33 bits per heavy atom. The van der Waals surface area contributed by atoms with Crippen molar-refractivity contribution in [2.45, 2.75) is 25.7 Å². The van der Waals surface area contributed by atoms with Gasteiger partial charge in [-0.2, -0.15) is 8.42 Å². The lowest BCUT2D eigenvalue weighted by Gasteiger charge is -2.25. The first kappa shape index (κ1) is 14.9. The van der Waals surface area contributed by atoms with Gasteiger partial charge in [-0.25, -0.2) is 5.14 Å². The van der Waals surface area contributed by atoms with Gasteiger partial charge in [0, 0.05) is 0 Å². The topological polar surface area (TPSA) is 69.4 Å². The summed E-state index contributed by atoms with van der Waals surface area (Å²) in [4.78, 5) is 0. The molecule has 0 fully saturated rings. The first-order chi connectivity index (χ1) is 8.24. The Hall–Kier alpha value is -1.17. The van der Waals surface area contributed by atoms with E-state index in [1.807, 2.05) is 38.1 Å². The molecule has 0 saturated carbocycles. The Labute approximate surface area is 109 Å². The Morgan fingerprint density at radius 3 is 2.33 bits per heavy atom. The van der Waals surface area contributed by atoms with Crippen LogP contribution in [0.4, 0.5) is 0 Å². The lowest BCUT2D eigenvalue weighted by molar-refractivity contribution is 0.277. The third-order valence-corrected chi connectivity index (χ3v) is 3.40. The van der Waals surface area contributed by atoms with Crippen LogP contribution in [0.3, 0.4) is 0 Å². The SMILES string of the molecule is C=Cc1ccc(C(C)(C)CCOS(N)(=O)=O)cc1. The predicted octanol–water partition coefficient (Wildman–Crippen LogP) is 2.22. The van der Waals surface area contributed by atoms with E-state index in [4.69, 9.17) is 5.14 Å². The zero-order valence-corrected chi connectivity index (χ0v) is 11.5. The van der Waals surface area contributed by atoms with Gasteiger partial charge in [0.05, 0.1) is 6.61 Å². The van der Waals surface area contributed by atoms with Crippen molar-refractivity contribution >= 4 is 16.4 Å². The smallest absolute Gasteiger partial charge is 0.258 e. The molecule has 0 aliphatic heterocycles. The van der Waals surface area contributed by atoms with Crippen molar-refractivity contribution in [1.82, 2.24) is 0 Å². The van der Waals surface area contributed by atoms with Crippen LogP contribution in [0, 0.1) is 0 Å². The summed E-state index contributed by atoms with van der Waals surface area (Å²) < 4.78 is 25.9. The minimum absolute atomic E-state index is 0.0784. The summed E-state index contributed by atoms with van der Waals surface area (Å²) in [5.41, 5.74) is 1.99. The van der Waals surface area contributed by atoms with E-state index in [1.54, 1.807) is 6.08 Å². The van der Waals surface area contributed by atoms with Gasteiger partial charge in [-0.3, -0.25) is 4.18 Å². The molecule has 100 valence electrons. The van der Waals surface area contributed by atoms with Gasteiger partial charge in [0.2, 0.25) is 0 Å². The Balaban J connectivity index is 2.69. The second-order valence-electron chi connectivity index (χ2n) is 4.77. The van der Waals surface area contributed by atoms with Crippen molar-refractivity contribution in [2.75, 3.05) is 6.61 Å². The van der Waals surface area contributed by atoms with Crippen LogP contribution in [0.15, 0.2) is 30.8 Å². The van der Waals surface area contributed by atoms with Crippen LogP contribution in [0.5, 0.6) is 0 Å². The predicted molar refractivity (Wildman–Crippen MR) is 73.2 cm³/mol. The van der Waals surface area contributed by atoms with Crippen LogP contribution < -0.4 is 5.14 Å². The maximum absolute atomic E-state index is 10.7. The first-order valence-corrected chi connectivity index (χ1v) is 7.12. The van der Waals surface area contributed by atoms with Crippen molar-refractivity contribution in [3.05, 3.63) is 42.0 Å². The molecule has 1 rings (SSSR count). The zero-order valence-electron chi connectivity index (χ0n) is 10.7. The summed E-state index contributed by atoms with van der Waals surface area (Å²) >= 11 is 0. The van der Waals surface area contributed by atoms with E-state index in [2.05, 4.69) is 10.8 Å². The number of benzene rings is 1. The highest BCUT2D eigenvalue weighted by molar-refractivity contribution is 7.84. The van der Waals surface area contributed by atoms with Gasteiger partial charge in [0.15, 0.2) is 0 Å². The molecule has 0 spiro atoms. The average Bonchev–Trinajstić information content (AvgIpc) is 2.27. The van der Waals surface area contributed by atoms with E-state index >= 15 is 0 Å². The molecule has 0 aliphatic carbocycles. The van der Waals surface area contributed by atoms with E-state index < -0.39 is 10.3 Å². The molecule has 5 heteroatoms. The van der Waals surface area contributed by atoms with Crippen LogP contribution in [0.25, 0.3) is 6.08 Å². The van der Waals surface area contributed by atoms with E-state index in [0.717, 1.165) is 11.1 Å². The van der Waals surface area contributed by atoms with Gasteiger partial charge < -0.3 is 0 Å². The molecule has 1 aromatic carbocycles. The molecule has 0 amide bonds. The monoisotopic (exact) mass is 269 g/mol. The van der Waals surface area contributed by atoms with E-state index in [-0.39, 0.29) is 12.0 Å². The van der Waals surface area contributed by atoms with Gasteiger partial charge in [-0.15, -0.1) is 0 Å². The minimum Gasteiger partial charge on any atom is -0.258 e. The molecule has 18 heavy (non-hydrogen) atoms. The number of hydrogen-bond donors (Lipinski definition) is 1. The van der Waals surface area contributed by atoms with Crippen LogP contribution >= 0.6 is 0 Å². The molecular weight excluding hydrogens is 250 g/mol. The minimum atomic E-state index is -3.85. The van der Waals surface area contributed by atoms with Crippen molar-refractivity contribution in [3.63, 3.8) is 0 Å². The van der Waals surface area contributed by atoms with Crippen molar-refractivity contribution in [1.29, 1.82) is 0 Å². The first-order valence-electron chi connectivity index (χ1n) is 5.65. The quantitative estimate of drug-likeness (QED) is 0.860. The second-order valence-corrected chi connectivity index (χ2v) is 6.00. The van der Waals surface area contributed by atoms with Crippen LogP contribution in [-0.4, -0.2) is 15.0 Å². The molecular formula is C13H19NO3S. The van der Waals surface area contributed by atoms with Crippen LogP contribution in [0.2, 0.25) is 0 Å². The highest BCUT2D eigenvalue weighted by atomic mass is 32.2. The molecule has 4 nitrogen and oxygen atoms in total. The standard InChI is InChI=1S/C13H19NO3S/c1-4-11-5-7-12(8-6-11)13(2,3)9-10-17-18(14,15)16/h4-8H,1,9-10H2,2-3H3,(H2,14,15,16). The fourth-order valence-electron chi connectivity index (χ4n) is 1.63. The summed E-state index contributed by atoms with van der Waals surface area (Å²) in [5, 5.41) is 4.78. The molecule has 0 heterocycles. The third kappa shape index (κ3) is 4.60. The van der Waals surface area contributed by atoms with Gasteiger partial charge in [-0.05, 0) is 23.0 Å². The zero-order chi connectivity index (χ0) is 13.8. The van der Waals surface area contributed by atoms with Crippen molar-refractivity contribution in [2.24, 2.45) is 5.14 Å². The summed E-state index contributed by atoms with van der Waals surface area (Å²) in [6.45, 7) is 7.84. The van der Waals surface area contributed by atoms with E-state index in [0.29, 0.717) is 6.42 Å². The van der Waals surface area contributed by atoms with Crippen molar-refractivity contribution < 1.29 is 12.6 Å². The summed E-state index contributed by atoms with van der Waals surface area (Å²) in [6.07, 6.45) is 2.34. The largest absolute Gasteiger partial charge is 0.333 e. The Bertz CT molecular complexity index is 504. The molecule has 0 bridgehead atoms. The molecule has 0 saturated heterocycles. The lowest BCUT2D eigenvalue weighted by atomic mass is 9.81. The van der Waals surface area contributed by atoms with Gasteiger partial charge in [0.25, 0.3) is 0 Å². The molecule has 0 atom stereocenters. The lowest BCUT2D eigenvalue weighted by Crippen LogP contribution is -2.23. The Kier molecular flexibility index (Phi) is 4.67. The van der Waals surface area contributed by atoms with Gasteiger partial charge in [0.1, 0.15) is 0 Å². The number of nitrogens with two attached hydrogens (primary N) is 1. The maximum atomic E-state index is 10.7. The highest BCUT2D eigenvalue weighted by Crippen LogP contribution is 2.27.